The van der Waals surface area contributed by atoms with Gasteiger partial charge in [-0.1, -0.05) is 30.3 Å². The van der Waals surface area contributed by atoms with Crippen LogP contribution >= 0.6 is 0 Å². The summed E-state index contributed by atoms with van der Waals surface area (Å²) in [7, 11) is 0. The molecule has 5 rings (SSSR count). The van der Waals surface area contributed by atoms with Crippen LogP contribution in [0, 0.1) is 0 Å². The Labute approximate surface area is 252 Å². The number of imidazole rings is 1. The summed E-state index contributed by atoms with van der Waals surface area (Å²) < 4.78 is 0. The minimum absolute atomic E-state index is 0.0406. The first-order valence-corrected chi connectivity index (χ1v) is 14.4. The third kappa shape index (κ3) is 7.06. The molecule has 3 amide bonds. The van der Waals surface area contributed by atoms with Crippen molar-refractivity contribution >= 4 is 34.6 Å². The van der Waals surface area contributed by atoms with Crippen molar-refractivity contribution in [2.24, 2.45) is 5.73 Å². The van der Waals surface area contributed by atoms with Crippen molar-refractivity contribution in [3.05, 3.63) is 84.1 Å². The van der Waals surface area contributed by atoms with Gasteiger partial charge >= 0.3 is 5.97 Å². The molecule has 4 aromatic rings. The van der Waals surface area contributed by atoms with E-state index in [2.05, 4.69) is 25.6 Å². The van der Waals surface area contributed by atoms with E-state index in [1.54, 1.807) is 18.3 Å². The van der Waals surface area contributed by atoms with E-state index in [0.29, 0.717) is 18.5 Å². The van der Waals surface area contributed by atoms with Crippen molar-refractivity contribution in [2.75, 3.05) is 6.54 Å². The predicted molar refractivity (Wildman–Crippen MR) is 160 cm³/mol. The second-order valence-electron chi connectivity index (χ2n) is 11.0. The standard InChI is InChI=1S/C31H35N7O6/c32-23(12-18-7-9-21(39)10-8-18)28(40)36-25(14-20-16-33-17-35-20)29(41)37-26(30(42)38-11-3-6-27(38)31(43)44)13-19-15-34-24-5-2-1-4-22(19)24/h1-2,4-5,7-10,15-17,23,25-27,34,39H,3,6,11-14,32H2,(H,33,35)(H,36,40)(H,37,41)(H,43,44). The summed E-state index contributed by atoms with van der Waals surface area (Å²) in [4.78, 5) is 64.2. The number of hydrogen-bond acceptors (Lipinski definition) is 7. The van der Waals surface area contributed by atoms with Crippen LogP contribution in [-0.2, 0) is 38.4 Å². The molecule has 2 aromatic carbocycles. The first-order valence-electron chi connectivity index (χ1n) is 14.4. The number of aromatic amines is 2. The molecule has 2 aromatic heterocycles. The summed E-state index contributed by atoms with van der Waals surface area (Å²) >= 11 is 0. The zero-order chi connectivity index (χ0) is 31.2. The molecular weight excluding hydrogens is 566 g/mol. The number of amides is 3. The molecule has 4 unspecified atom stereocenters. The molecule has 1 saturated heterocycles. The molecule has 1 fully saturated rings. The molecule has 0 saturated carbocycles. The zero-order valence-electron chi connectivity index (χ0n) is 23.9. The number of phenolic OH excluding ortho intramolecular Hbond substituents is 1. The molecule has 0 bridgehead atoms. The third-order valence-corrected chi connectivity index (χ3v) is 7.88. The Bertz CT molecular complexity index is 1620. The Morgan fingerprint density at radius 1 is 0.977 bits per heavy atom. The van der Waals surface area contributed by atoms with Crippen LogP contribution in [0.5, 0.6) is 5.75 Å². The molecule has 4 atom stereocenters. The van der Waals surface area contributed by atoms with Crippen LogP contribution in [0.1, 0.15) is 29.7 Å². The number of aromatic nitrogens is 3. The van der Waals surface area contributed by atoms with Crippen LogP contribution in [0.2, 0.25) is 0 Å². The number of carbonyl (C=O) groups is 4. The SMILES string of the molecule is NC(Cc1ccc(O)cc1)C(=O)NC(Cc1cnc[nH]1)C(=O)NC(Cc1c[nH]c2ccccc12)C(=O)N1CCCC1C(=O)O. The van der Waals surface area contributed by atoms with Gasteiger partial charge in [0.15, 0.2) is 0 Å². The number of likely N-dealkylation sites (tertiary alicyclic amines) is 1. The van der Waals surface area contributed by atoms with E-state index in [1.165, 1.54) is 29.6 Å². The van der Waals surface area contributed by atoms with Crippen LogP contribution in [-0.4, -0.2) is 84.5 Å². The molecule has 8 N–H and O–H groups in total. The third-order valence-electron chi connectivity index (χ3n) is 7.88. The summed E-state index contributed by atoms with van der Waals surface area (Å²) in [5.41, 5.74) is 9.11. The lowest BCUT2D eigenvalue weighted by Gasteiger charge is -2.29. The van der Waals surface area contributed by atoms with Crippen LogP contribution in [0.3, 0.4) is 0 Å². The highest BCUT2D eigenvalue weighted by molar-refractivity contribution is 5.95. The highest BCUT2D eigenvalue weighted by atomic mass is 16.4. The number of carbonyl (C=O) groups excluding carboxylic acids is 3. The number of phenols is 1. The summed E-state index contributed by atoms with van der Waals surface area (Å²) in [6, 6.07) is 9.63. The number of aliphatic carboxylic acids is 1. The topological polar surface area (TPSA) is 207 Å². The molecule has 0 spiro atoms. The first-order chi connectivity index (χ1) is 21.2. The number of carboxylic acids is 1. The Balaban J connectivity index is 1.37. The first kappa shape index (κ1) is 30.3. The molecule has 0 aliphatic carbocycles. The molecule has 13 heteroatoms. The van der Waals surface area contributed by atoms with Crippen molar-refractivity contribution in [3.63, 3.8) is 0 Å². The van der Waals surface area contributed by atoms with Gasteiger partial charge in [0.1, 0.15) is 23.9 Å². The van der Waals surface area contributed by atoms with Crippen LogP contribution in [0.15, 0.2) is 67.3 Å². The van der Waals surface area contributed by atoms with E-state index in [-0.39, 0.29) is 31.6 Å². The van der Waals surface area contributed by atoms with E-state index in [1.807, 2.05) is 24.3 Å². The van der Waals surface area contributed by atoms with Crippen molar-refractivity contribution in [2.45, 2.75) is 56.3 Å². The van der Waals surface area contributed by atoms with Gasteiger partial charge in [0.2, 0.25) is 17.7 Å². The minimum Gasteiger partial charge on any atom is -0.508 e. The average Bonchev–Trinajstić information content (AvgIpc) is 3.79. The van der Waals surface area contributed by atoms with Crippen LogP contribution < -0.4 is 16.4 Å². The van der Waals surface area contributed by atoms with Gasteiger partial charge < -0.3 is 41.4 Å². The quantitative estimate of drug-likeness (QED) is 0.124. The summed E-state index contributed by atoms with van der Waals surface area (Å²) in [6.45, 7) is 0.260. The zero-order valence-corrected chi connectivity index (χ0v) is 23.9. The van der Waals surface area contributed by atoms with E-state index >= 15 is 0 Å². The smallest absolute Gasteiger partial charge is 0.326 e. The number of benzene rings is 2. The fourth-order valence-corrected chi connectivity index (χ4v) is 5.56. The lowest BCUT2D eigenvalue weighted by Crippen LogP contribution is -2.58. The second kappa shape index (κ2) is 13.4. The van der Waals surface area contributed by atoms with Gasteiger partial charge in [-0.2, -0.15) is 0 Å². The summed E-state index contributed by atoms with van der Waals surface area (Å²) in [5.74, 6) is -2.73. The second-order valence-corrected chi connectivity index (χ2v) is 11.0. The average molecular weight is 602 g/mol. The van der Waals surface area contributed by atoms with Crippen LogP contribution in [0.25, 0.3) is 10.9 Å². The van der Waals surface area contributed by atoms with E-state index in [0.717, 1.165) is 22.0 Å². The number of fused-ring (bicyclic) bond motifs is 1. The predicted octanol–water partition coefficient (Wildman–Crippen LogP) is 0.997. The van der Waals surface area contributed by atoms with Crippen molar-refractivity contribution in [1.82, 2.24) is 30.5 Å². The van der Waals surface area contributed by atoms with Gasteiger partial charge in [-0.3, -0.25) is 14.4 Å². The van der Waals surface area contributed by atoms with Gasteiger partial charge in [-0.15, -0.1) is 0 Å². The maximum atomic E-state index is 13.9. The van der Waals surface area contributed by atoms with Gasteiger partial charge in [0, 0.05) is 48.4 Å². The van der Waals surface area contributed by atoms with E-state index in [9.17, 15) is 29.4 Å². The fraction of sp³-hybridized carbons (Fsp3) is 0.323. The molecule has 1 aliphatic heterocycles. The highest BCUT2D eigenvalue weighted by Crippen LogP contribution is 2.23. The molecule has 1 aliphatic rings. The molecule has 230 valence electrons. The highest BCUT2D eigenvalue weighted by Gasteiger charge is 2.39. The lowest BCUT2D eigenvalue weighted by atomic mass is 10.0. The van der Waals surface area contributed by atoms with Crippen molar-refractivity contribution < 1.29 is 29.4 Å². The molecule has 13 nitrogen and oxygen atoms in total. The molecule has 44 heavy (non-hydrogen) atoms. The van der Waals surface area contributed by atoms with E-state index < -0.39 is 47.9 Å². The fourth-order valence-electron chi connectivity index (χ4n) is 5.56. The molecule has 0 radical (unpaired) electrons. The Hall–Kier alpha value is -5.17. The summed E-state index contributed by atoms with van der Waals surface area (Å²) in [5, 5.41) is 25.7. The Kier molecular flexibility index (Phi) is 9.24. The number of nitrogens with one attached hydrogen (secondary N) is 4. The summed E-state index contributed by atoms with van der Waals surface area (Å²) in [6.07, 6.45) is 5.91. The number of para-hydroxylation sites is 1. The van der Waals surface area contributed by atoms with Crippen LogP contribution in [0.4, 0.5) is 0 Å². The maximum Gasteiger partial charge on any atom is 0.326 e. The number of nitrogens with two attached hydrogens (primary N) is 1. The Morgan fingerprint density at radius 2 is 1.73 bits per heavy atom. The minimum atomic E-state index is -1.12. The molecule has 3 heterocycles. The van der Waals surface area contributed by atoms with Gasteiger partial charge in [0.05, 0.1) is 12.4 Å². The monoisotopic (exact) mass is 601 g/mol. The number of nitrogens with zero attached hydrogens (tertiary/aromatic N) is 2. The van der Waals surface area contributed by atoms with Gasteiger partial charge in [-0.05, 0) is 48.6 Å². The number of H-pyrrole nitrogens is 2. The largest absolute Gasteiger partial charge is 0.508 e. The normalized spacial score (nSPS) is 16.8. The van der Waals surface area contributed by atoms with Crippen molar-refractivity contribution in [1.29, 1.82) is 0 Å². The van der Waals surface area contributed by atoms with Gasteiger partial charge in [-0.25, -0.2) is 9.78 Å². The van der Waals surface area contributed by atoms with E-state index in [4.69, 9.17) is 5.73 Å². The maximum absolute atomic E-state index is 13.9. The van der Waals surface area contributed by atoms with Crippen molar-refractivity contribution in [3.8, 4) is 5.75 Å². The number of aromatic hydroxyl groups is 1. The number of hydrogen-bond donors (Lipinski definition) is 7. The Morgan fingerprint density at radius 3 is 2.45 bits per heavy atom. The number of rotatable bonds is 12. The van der Waals surface area contributed by atoms with Gasteiger partial charge in [0.25, 0.3) is 0 Å². The number of carboxylic acid groups (broad SMARTS) is 1. The lowest BCUT2D eigenvalue weighted by molar-refractivity contribution is -0.149. The molecular formula is C31H35N7O6.